The van der Waals surface area contributed by atoms with Gasteiger partial charge in [0.05, 0.1) is 0 Å². The lowest BCUT2D eigenvalue weighted by atomic mass is 9.92. The molecule has 1 fully saturated rings. The maximum Gasteiger partial charge on any atom is 0.132 e. The van der Waals surface area contributed by atoms with Crippen molar-refractivity contribution in [3.63, 3.8) is 0 Å². The Morgan fingerprint density at radius 3 is 2.82 bits per heavy atom. The van der Waals surface area contributed by atoms with Crippen LogP contribution in [0.3, 0.4) is 0 Å². The monoisotopic (exact) mass is 233 g/mol. The van der Waals surface area contributed by atoms with Crippen molar-refractivity contribution < 1.29 is 0 Å². The minimum absolute atomic E-state index is 0.586. The molecular formula is C14H23N3. The van der Waals surface area contributed by atoms with Crippen molar-refractivity contribution in [3.05, 3.63) is 17.6 Å². The standard InChI is InChI=1S/C14H23N3/c1-5-13-9-14(16-12(4)15-13)17-8-6-7-10(2)11(17)3/h9-11H,5-8H2,1-4H3. The molecule has 0 radical (unpaired) electrons. The van der Waals surface area contributed by atoms with Crippen molar-refractivity contribution in [2.45, 2.75) is 53.0 Å². The van der Waals surface area contributed by atoms with Gasteiger partial charge in [-0.2, -0.15) is 0 Å². The van der Waals surface area contributed by atoms with Crippen molar-refractivity contribution in [1.29, 1.82) is 0 Å². The second kappa shape index (κ2) is 5.03. The van der Waals surface area contributed by atoms with Crippen molar-refractivity contribution >= 4 is 5.82 Å². The molecule has 2 rings (SSSR count). The van der Waals surface area contributed by atoms with Crippen LogP contribution in [0.15, 0.2) is 6.07 Å². The molecule has 0 saturated carbocycles. The quantitative estimate of drug-likeness (QED) is 0.786. The van der Waals surface area contributed by atoms with E-state index >= 15 is 0 Å². The third-order valence-electron chi connectivity index (χ3n) is 3.91. The van der Waals surface area contributed by atoms with Gasteiger partial charge in [0, 0.05) is 24.3 Å². The topological polar surface area (TPSA) is 29.0 Å². The zero-order valence-electron chi connectivity index (χ0n) is 11.4. The van der Waals surface area contributed by atoms with Gasteiger partial charge in [0.2, 0.25) is 0 Å². The zero-order chi connectivity index (χ0) is 12.4. The van der Waals surface area contributed by atoms with Crippen molar-refractivity contribution in [1.82, 2.24) is 9.97 Å². The Labute approximate surface area is 104 Å². The molecule has 2 heterocycles. The second-order valence-electron chi connectivity index (χ2n) is 5.17. The summed E-state index contributed by atoms with van der Waals surface area (Å²) < 4.78 is 0. The van der Waals surface area contributed by atoms with Crippen LogP contribution in [0.25, 0.3) is 0 Å². The summed E-state index contributed by atoms with van der Waals surface area (Å²) in [5.74, 6) is 2.77. The van der Waals surface area contributed by atoms with Gasteiger partial charge in [-0.05, 0) is 39.0 Å². The number of nitrogens with zero attached hydrogens (tertiary/aromatic N) is 3. The van der Waals surface area contributed by atoms with E-state index in [9.17, 15) is 0 Å². The van der Waals surface area contributed by atoms with Gasteiger partial charge in [-0.3, -0.25) is 0 Å². The molecule has 94 valence electrons. The predicted molar refractivity (Wildman–Crippen MR) is 71.4 cm³/mol. The first kappa shape index (κ1) is 12.3. The third kappa shape index (κ3) is 2.59. The number of hydrogen-bond acceptors (Lipinski definition) is 3. The van der Waals surface area contributed by atoms with Gasteiger partial charge < -0.3 is 4.90 Å². The van der Waals surface area contributed by atoms with E-state index in [1.54, 1.807) is 0 Å². The van der Waals surface area contributed by atoms with Gasteiger partial charge >= 0.3 is 0 Å². The van der Waals surface area contributed by atoms with Crippen LogP contribution in [-0.4, -0.2) is 22.6 Å². The molecular weight excluding hydrogens is 210 g/mol. The lowest BCUT2D eigenvalue weighted by molar-refractivity contribution is 0.361. The largest absolute Gasteiger partial charge is 0.354 e. The van der Waals surface area contributed by atoms with E-state index < -0.39 is 0 Å². The molecule has 0 N–H and O–H groups in total. The van der Waals surface area contributed by atoms with Gasteiger partial charge in [0.1, 0.15) is 11.6 Å². The van der Waals surface area contributed by atoms with Gasteiger partial charge in [0.25, 0.3) is 0 Å². The number of anilines is 1. The van der Waals surface area contributed by atoms with E-state index in [0.29, 0.717) is 6.04 Å². The van der Waals surface area contributed by atoms with Crippen molar-refractivity contribution in [2.75, 3.05) is 11.4 Å². The molecule has 1 aromatic heterocycles. The summed E-state index contributed by atoms with van der Waals surface area (Å²) in [7, 11) is 0. The van der Waals surface area contributed by atoms with Crippen LogP contribution in [0.1, 0.15) is 45.1 Å². The normalized spacial score (nSPS) is 25.1. The van der Waals surface area contributed by atoms with Crippen LogP contribution in [0.4, 0.5) is 5.82 Å². The lowest BCUT2D eigenvalue weighted by Crippen LogP contribution is -2.43. The Hall–Kier alpha value is -1.12. The Balaban J connectivity index is 2.29. The SMILES string of the molecule is CCc1cc(N2CCCC(C)C2C)nc(C)n1. The molecule has 0 spiro atoms. The number of aromatic nitrogens is 2. The predicted octanol–water partition coefficient (Wildman–Crippen LogP) is 2.97. The molecule has 0 bridgehead atoms. The highest BCUT2D eigenvalue weighted by atomic mass is 15.2. The van der Waals surface area contributed by atoms with Gasteiger partial charge in [-0.1, -0.05) is 13.8 Å². The highest BCUT2D eigenvalue weighted by Gasteiger charge is 2.25. The van der Waals surface area contributed by atoms with Crippen LogP contribution in [0.2, 0.25) is 0 Å². The summed E-state index contributed by atoms with van der Waals surface area (Å²) in [5, 5.41) is 0. The first-order chi connectivity index (χ1) is 8.11. The number of rotatable bonds is 2. The minimum Gasteiger partial charge on any atom is -0.354 e. The van der Waals surface area contributed by atoms with Crippen LogP contribution in [0, 0.1) is 12.8 Å². The fourth-order valence-corrected chi connectivity index (χ4v) is 2.60. The smallest absolute Gasteiger partial charge is 0.132 e. The van der Waals surface area contributed by atoms with E-state index in [1.807, 2.05) is 6.92 Å². The van der Waals surface area contributed by atoms with E-state index in [0.717, 1.165) is 36.2 Å². The Morgan fingerprint density at radius 2 is 2.12 bits per heavy atom. The number of aryl methyl sites for hydroxylation is 2. The average Bonchev–Trinajstić information content (AvgIpc) is 2.31. The third-order valence-corrected chi connectivity index (χ3v) is 3.91. The van der Waals surface area contributed by atoms with Gasteiger partial charge in [-0.25, -0.2) is 9.97 Å². The van der Waals surface area contributed by atoms with Crippen molar-refractivity contribution in [3.8, 4) is 0 Å². The summed E-state index contributed by atoms with van der Waals surface area (Å²) in [4.78, 5) is 11.5. The molecule has 1 aromatic rings. The van der Waals surface area contributed by atoms with E-state index in [-0.39, 0.29) is 0 Å². The highest BCUT2D eigenvalue weighted by molar-refractivity contribution is 5.41. The molecule has 0 amide bonds. The first-order valence-corrected chi connectivity index (χ1v) is 6.73. The molecule has 2 atom stereocenters. The summed E-state index contributed by atoms with van der Waals surface area (Å²) in [6.07, 6.45) is 3.59. The Kier molecular flexibility index (Phi) is 3.65. The second-order valence-corrected chi connectivity index (χ2v) is 5.17. The molecule has 3 heteroatoms. The van der Waals surface area contributed by atoms with Gasteiger partial charge in [0.15, 0.2) is 0 Å². The maximum absolute atomic E-state index is 4.61. The van der Waals surface area contributed by atoms with Crippen LogP contribution in [0.5, 0.6) is 0 Å². The molecule has 3 nitrogen and oxygen atoms in total. The average molecular weight is 233 g/mol. The van der Waals surface area contributed by atoms with E-state index in [2.05, 4.69) is 41.7 Å². The summed E-state index contributed by atoms with van der Waals surface area (Å²) in [5.41, 5.74) is 1.15. The fourth-order valence-electron chi connectivity index (χ4n) is 2.60. The molecule has 0 aliphatic carbocycles. The van der Waals surface area contributed by atoms with Crippen LogP contribution >= 0.6 is 0 Å². The van der Waals surface area contributed by atoms with Crippen LogP contribution < -0.4 is 4.90 Å². The molecule has 1 saturated heterocycles. The highest BCUT2D eigenvalue weighted by Crippen LogP contribution is 2.27. The molecule has 1 aliphatic rings. The molecule has 2 unspecified atom stereocenters. The molecule has 1 aliphatic heterocycles. The minimum atomic E-state index is 0.586. The maximum atomic E-state index is 4.61. The van der Waals surface area contributed by atoms with E-state index in [1.165, 1.54) is 12.8 Å². The van der Waals surface area contributed by atoms with Gasteiger partial charge in [-0.15, -0.1) is 0 Å². The zero-order valence-corrected chi connectivity index (χ0v) is 11.4. The van der Waals surface area contributed by atoms with Crippen molar-refractivity contribution in [2.24, 2.45) is 5.92 Å². The molecule has 17 heavy (non-hydrogen) atoms. The summed E-state index contributed by atoms with van der Waals surface area (Å²) >= 11 is 0. The summed E-state index contributed by atoms with van der Waals surface area (Å²) in [6, 6.07) is 2.74. The Bertz CT molecular complexity index is 389. The number of hydrogen-bond donors (Lipinski definition) is 0. The first-order valence-electron chi connectivity index (χ1n) is 6.73. The number of piperidine rings is 1. The van der Waals surface area contributed by atoms with Crippen LogP contribution in [-0.2, 0) is 6.42 Å². The Morgan fingerprint density at radius 1 is 1.35 bits per heavy atom. The van der Waals surface area contributed by atoms with E-state index in [4.69, 9.17) is 0 Å². The summed E-state index contributed by atoms with van der Waals surface area (Å²) in [6.45, 7) is 9.91. The lowest BCUT2D eigenvalue weighted by Gasteiger charge is -2.39. The fraction of sp³-hybridized carbons (Fsp3) is 0.714. The molecule has 0 aromatic carbocycles.